The van der Waals surface area contributed by atoms with Gasteiger partial charge >= 0.3 is 5.97 Å². The van der Waals surface area contributed by atoms with E-state index in [1.54, 1.807) is 12.1 Å². The smallest absolute Gasteiger partial charge is 0.303 e. The lowest BCUT2D eigenvalue weighted by atomic mass is 10.1. The van der Waals surface area contributed by atoms with Gasteiger partial charge in [-0.25, -0.2) is 0 Å². The van der Waals surface area contributed by atoms with Crippen LogP contribution in [-0.2, 0) is 4.79 Å². The van der Waals surface area contributed by atoms with E-state index in [2.05, 4.69) is 5.32 Å². The van der Waals surface area contributed by atoms with Gasteiger partial charge in [0.25, 0.3) is 5.91 Å². The summed E-state index contributed by atoms with van der Waals surface area (Å²) >= 11 is 0. The van der Waals surface area contributed by atoms with E-state index in [9.17, 15) is 9.59 Å². The number of carboxylic acid groups (broad SMARTS) is 1. The largest absolute Gasteiger partial charge is 0.481 e. The number of aliphatic carboxylic acids is 1. The van der Waals surface area contributed by atoms with Gasteiger partial charge in [-0.2, -0.15) is 0 Å². The number of carboxylic acids is 1. The number of nitrogens with one attached hydrogen (secondary N) is 1. The lowest BCUT2D eigenvalue weighted by Crippen LogP contribution is -2.28. The average Bonchev–Trinajstić information content (AvgIpc) is 2.34. The minimum absolute atomic E-state index is 0.114. The molecule has 0 spiro atoms. The summed E-state index contributed by atoms with van der Waals surface area (Å²) in [7, 11) is 0. The van der Waals surface area contributed by atoms with Crippen LogP contribution in [0.4, 0.5) is 0 Å². The molecule has 0 heterocycles. The lowest BCUT2D eigenvalue weighted by molar-refractivity contribution is -0.137. The highest BCUT2D eigenvalue weighted by Crippen LogP contribution is 2.06. The second-order valence-electron chi connectivity index (χ2n) is 4.61. The van der Waals surface area contributed by atoms with Crippen LogP contribution < -0.4 is 5.32 Å². The first-order valence-electron chi connectivity index (χ1n) is 6.05. The first kappa shape index (κ1) is 14.2. The third-order valence-electron chi connectivity index (χ3n) is 2.78. The molecule has 0 saturated carbocycles. The Balaban J connectivity index is 2.36. The van der Waals surface area contributed by atoms with Gasteiger partial charge in [0.2, 0.25) is 0 Å². The van der Waals surface area contributed by atoms with Gasteiger partial charge in [-0.3, -0.25) is 9.59 Å². The number of hydrogen-bond donors (Lipinski definition) is 2. The Morgan fingerprint density at radius 1 is 1.28 bits per heavy atom. The topological polar surface area (TPSA) is 66.4 Å². The Hall–Kier alpha value is -1.84. The molecule has 0 aromatic heterocycles. The SMILES string of the molecule is Cc1ccc(C(=O)NCC(C)CCC(=O)O)cc1. The summed E-state index contributed by atoms with van der Waals surface area (Å²) in [4.78, 5) is 22.2. The van der Waals surface area contributed by atoms with Crippen molar-refractivity contribution in [2.24, 2.45) is 5.92 Å². The quantitative estimate of drug-likeness (QED) is 0.812. The molecule has 1 amide bonds. The second-order valence-corrected chi connectivity index (χ2v) is 4.61. The van der Waals surface area contributed by atoms with E-state index in [0.29, 0.717) is 18.5 Å². The van der Waals surface area contributed by atoms with E-state index in [4.69, 9.17) is 5.11 Å². The van der Waals surface area contributed by atoms with Gasteiger partial charge in [-0.1, -0.05) is 24.6 Å². The Bertz CT molecular complexity index is 412. The summed E-state index contributed by atoms with van der Waals surface area (Å²) in [5, 5.41) is 11.4. The van der Waals surface area contributed by atoms with Gasteiger partial charge in [-0.05, 0) is 31.4 Å². The molecule has 0 fully saturated rings. The molecule has 0 saturated heterocycles. The molecule has 0 aliphatic rings. The number of rotatable bonds is 6. The van der Waals surface area contributed by atoms with Gasteiger partial charge in [0, 0.05) is 18.5 Å². The number of benzene rings is 1. The average molecular weight is 249 g/mol. The van der Waals surface area contributed by atoms with Crippen LogP contribution in [0.3, 0.4) is 0 Å². The van der Waals surface area contributed by atoms with Crippen molar-refractivity contribution in [3.63, 3.8) is 0 Å². The highest BCUT2D eigenvalue weighted by Gasteiger charge is 2.09. The lowest BCUT2D eigenvalue weighted by Gasteiger charge is -2.11. The minimum atomic E-state index is -0.799. The van der Waals surface area contributed by atoms with Gasteiger partial charge in [0.1, 0.15) is 0 Å². The van der Waals surface area contributed by atoms with Gasteiger partial charge < -0.3 is 10.4 Å². The zero-order chi connectivity index (χ0) is 13.5. The molecule has 1 aromatic rings. The van der Waals surface area contributed by atoms with Crippen molar-refractivity contribution in [3.05, 3.63) is 35.4 Å². The first-order chi connectivity index (χ1) is 8.49. The predicted octanol–water partition coefficient (Wildman–Crippen LogP) is 2.23. The molecule has 1 aromatic carbocycles. The molecular formula is C14H19NO3. The highest BCUT2D eigenvalue weighted by molar-refractivity contribution is 5.94. The van der Waals surface area contributed by atoms with E-state index in [0.717, 1.165) is 5.56 Å². The Kier molecular flexibility index (Phi) is 5.36. The molecule has 0 aliphatic heterocycles. The molecule has 98 valence electrons. The van der Waals surface area contributed by atoms with Crippen LogP contribution in [0.2, 0.25) is 0 Å². The fraction of sp³-hybridized carbons (Fsp3) is 0.429. The van der Waals surface area contributed by atoms with Crippen LogP contribution >= 0.6 is 0 Å². The molecule has 1 unspecified atom stereocenters. The number of carbonyl (C=O) groups excluding carboxylic acids is 1. The van der Waals surface area contributed by atoms with Crippen LogP contribution in [0.5, 0.6) is 0 Å². The molecule has 1 rings (SSSR count). The fourth-order valence-corrected chi connectivity index (χ4v) is 1.55. The molecular weight excluding hydrogens is 230 g/mol. The van der Waals surface area contributed by atoms with Crippen LogP contribution in [0.15, 0.2) is 24.3 Å². The number of carbonyl (C=O) groups is 2. The van der Waals surface area contributed by atoms with E-state index in [1.807, 2.05) is 26.0 Å². The third-order valence-corrected chi connectivity index (χ3v) is 2.78. The highest BCUT2D eigenvalue weighted by atomic mass is 16.4. The normalized spacial score (nSPS) is 11.9. The molecule has 18 heavy (non-hydrogen) atoms. The van der Waals surface area contributed by atoms with E-state index >= 15 is 0 Å². The molecule has 1 atom stereocenters. The monoisotopic (exact) mass is 249 g/mol. The molecule has 4 nitrogen and oxygen atoms in total. The summed E-state index contributed by atoms with van der Waals surface area (Å²) in [6.45, 7) is 4.40. The summed E-state index contributed by atoms with van der Waals surface area (Å²) in [6, 6.07) is 7.35. The first-order valence-corrected chi connectivity index (χ1v) is 6.05. The van der Waals surface area contributed by atoms with Crippen LogP contribution in [0, 0.1) is 12.8 Å². The van der Waals surface area contributed by atoms with E-state index in [-0.39, 0.29) is 18.2 Å². The number of amides is 1. The van der Waals surface area contributed by atoms with Crippen LogP contribution in [-0.4, -0.2) is 23.5 Å². The molecule has 0 aliphatic carbocycles. The molecule has 0 radical (unpaired) electrons. The van der Waals surface area contributed by atoms with Gasteiger partial charge in [0.05, 0.1) is 0 Å². The van der Waals surface area contributed by atoms with Crippen molar-refractivity contribution in [3.8, 4) is 0 Å². The van der Waals surface area contributed by atoms with Crippen molar-refractivity contribution in [1.29, 1.82) is 0 Å². The predicted molar refractivity (Wildman–Crippen MR) is 69.5 cm³/mol. The summed E-state index contributed by atoms with van der Waals surface area (Å²) in [5.41, 5.74) is 1.74. The van der Waals surface area contributed by atoms with Gasteiger partial charge in [0.15, 0.2) is 0 Å². The minimum Gasteiger partial charge on any atom is -0.481 e. The number of aryl methyl sites for hydroxylation is 1. The summed E-state index contributed by atoms with van der Waals surface area (Å²) in [5.74, 6) is -0.751. The standard InChI is InChI=1S/C14H19NO3/c1-10-3-6-12(7-4-10)14(18)15-9-11(2)5-8-13(16)17/h3-4,6-7,11H,5,8-9H2,1-2H3,(H,15,18)(H,16,17). The Morgan fingerprint density at radius 2 is 1.89 bits per heavy atom. The molecule has 4 heteroatoms. The van der Waals surface area contributed by atoms with Crippen LogP contribution in [0.1, 0.15) is 35.7 Å². The molecule has 0 bridgehead atoms. The Morgan fingerprint density at radius 3 is 2.44 bits per heavy atom. The van der Waals surface area contributed by atoms with E-state index in [1.165, 1.54) is 0 Å². The van der Waals surface area contributed by atoms with Crippen molar-refractivity contribution < 1.29 is 14.7 Å². The maximum Gasteiger partial charge on any atom is 0.303 e. The summed E-state index contributed by atoms with van der Waals surface area (Å²) < 4.78 is 0. The zero-order valence-corrected chi connectivity index (χ0v) is 10.8. The Labute approximate surface area is 107 Å². The van der Waals surface area contributed by atoms with Crippen molar-refractivity contribution in [2.45, 2.75) is 26.7 Å². The maximum atomic E-state index is 11.8. The number of hydrogen-bond acceptors (Lipinski definition) is 2. The van der Waals surface area contributed by atoms with Crippen LogP contribution in [0.25, 0.3) is 0 Å². The third kappa shape index (κ3) is 4.99. The van der Waals surface area contributed by atoms with Crippen molar-refractivity contribution >= 4 is 11.9 Å². The maximum absolute atomic E-state index is 11.8. The fourth-order valence-electron chi connectivity index (χ4n) is 1.55. The van der Waals surface area contributed by atoms with Crippen molar-refractivity contribution in [1.82, 2.24) is 5.32 Å². The van der Waals surface area contributed by atoms with Crippen molar-refractivity contribution in [2.75, 3.05) is 6.54 Å². The van der Waals surface area contributed by atoms with E-state index < -0.39 is 5.97 Å². The van der Waals surface area contributed by atoms with Gasteiger partial charge in [-0.15, -0.1) is 0 Å². The second kappa shape index (κ2) is 6.79. The zero-order valence-electron chi connectivity index (χ0n) is 10.8. The summed E-state index contributed by atoms with van der Waals surface area (Å²) in [6.07, 6.45) is 0.713. The molecule has 2 N–H and O–H groups in total.